The van der Waals surface area contributed by atoms with Gasteiger partial charge >= 0.3 is 0 Å². The summed E-state index contributed by atoms with van der Waals surface area (Å²) in [6.07, 6.45) is 0.922. The summed E-state index contributed by atoms with van der Waals surface area (Å²) in [6.45, 7) is 2.80. The van der Waals surface area contributed by atoms with Crippen LogP contribution in [-0.2, 0) is 0 Å². The van der Waals surface area contributed by atoms with Crippen molar-refractivity contribution >= 4 is 43.9 Å². The molecule has 138 valence electrons. The maximum absolute atomic E-state index is 12.3. The molecule has 6 heteroatoms. The van der Waals surface area contributed by atoms with Gasteiger partial charge < -0.3 is 15.8 Å². The molecule has 27 heavy (non-hydrogen) atoms. The SMILES string of the molecule is CC(CCN)c1ccc(-c2c(O)cc(Cl)c3[nH]c(=O)c4sccc4c23)cc1. The Balaban J connectivity index is 1.99. The molecule has 4 rings (SSSR count). The molecular weight excluding hydrogens is 380 g/mol. The fourth-order valence-electron chi connectivity index (χ4n) is 3.57. The number of thiophene rings is 1. The maximum atomic E-state index is 12.3. The van der Waals surface area contributed by atoms with E-state index in [2.05, 4.69) is 24.0 Å². The highest BCUT2D eigenvalue weighted by Crippen LogP contribution is 2.42. The number of phenols is 1. The van der Waals surface area contributed by atoms with Gasteiger partial charge in [-0.05, 0) is 41.5 Å². The van der Waals surface area contributed by atoms with E-state index in [1.165, 1.54) is 23.0 Å². The van der Waals surface area contributed by atoms with Gasteiger partial charge in [0.25, 0.3) is 5.56 Å². The third-order valence-electron chi connectivity index (χ3n) is 5.01. The average Bonchev–Trinajstić information content (AvgIpc) is 3.14. The van der Waals surface area contributed by atoms with Crippen LogP contribution in [0.2, 0.25) is 5.02 Å². The zero-order valence-corrected chi connectivity index (χ0v) is 16.3. The second kappa shape index (κ2) is 7.00. The highest BCUT2D eigenvalue weighted by molar-refractivity contribution is 7.17. The zero-order valence-electron chi connectivity index (χ0n) is 14.8. The van der Waals surface area contributed by atoms with Gasteiger partial charge in [-0.1, -0.05) is 42.8 Å². The number of nitrogens with two attached hydrogens (primary N) is 1. The Kier molecular flexibility index (Phi) is 4.68. The van der Waals surface area contributed by atoms with E-state index in [0.29, 0.717) is 33.3 Å². The van der Waals surface area contributed by atoms with E-state index < -0.39 is 0 Å². The Morgan fingerprint density at radius 3 is 2.70 bits per heavy atom. The molecule has 4 nitrogen and oxygen atoms in total. The lowest BCUT2D eigenvalue weighted by Gasteiger charge is -2.14. The molecule has 0 aliphatic carbocycles. The van der Waals surface area contributed by atoms with Gasteiger partial charge in [-0.3, -0.25) is 4.79 Å². The normalized spacial score (nSPS) is 12.7. The fourth-order valence-corrected chi connectivity index (χ4v) is 4.61. The number of rotatable bonds is 4. The number of benzene rings is 2. The van der Waals surface area contributed by atoms with Gasteiger partial charge in [0.1, 0.15) is 10.4 Å². The highest BCUT2D eigenvalue weighted by Gasteiger charge is 2.18. The number of pyridine rings is 1. The van der Waals surface area contributed by atoms with Crippen LogP contribution in [0.3, 0.4) is 0 Å². The lowest BCUT2D eigenvalue weighted by Crippen LogP contribution is -2.05. The number of nitrogens with one attached hydrogen (secondary N) is 1. The molecule has 2 heterocycles. The van der Waals surface area contributed by atoms with Crippen LogP contribution in [-0.4, -0.2) is 16.6 Å². The molecular formula is C21H19ClN2O2S. The van der Waals surface area contributed by atoms with Crippen LogP contribution in [0, 0.1) is 0 Å². The number of H-pyrrole nitrogens is 1. The fraction of sp³-hybridized carbons (Fsp3) is 0.190. The molecule has 0 saturated heterocycles. The van der Waals surface area contributed by atoms with Crippen molar-refractivity contribution in [2.24, 2.45) is 5.73 Å². The molecule has 0 bridgehead atoms. The molecule has 2 aromatic carbocycles. The van der Waals surface area contributed by atoms with Gasteiger partial charge in [-0.25, -0.2) is 0 Å². The monoisotopic (exact) mass is 398 g/mol. The van der Waals surface area contributed by atoms with Crippen molar-refractivity contribution in [3.05, 3.63) is 62.7 Å². The van der Waals surface area contributed by atoms with Crippen molar-refractivity contribution in [2.75, 3.05) is 6.54 Å². The predicted molar refractivity (Wildman–Crippen MR) is 114 cm³/mol. The van der Waals surface area contributed by atoms with E-state index >= 15 is 0 Å². The molecule has 1 atom stereocenters. The summed E-state index contributed by atoms with van der Waals surface area (Å²) < 4.78 is 0.624. The Labute approximate surface area is 165 Å². The minimum Gasteiger partial charge on any atom is -0.507 e. The van der Waals surface area contributed by atoms with E-state index in [9.17, 15) is 9.90 Å². The van der Waals surface area contributed by atoms with E-state index in [1.54, 1.807) is 0 Å². The Bertz CT molecular complexity index is 1190. The first-order chi connectivity index (χ1) is 13.0. The number of hydrogen-bond donors (Lipinski definition) is 3. The van der Waals surface area contributed by atoms with Crippen LogP contribution in [0.5, 0.6) is 5.75 Å². The predicted octanol–water partition coefficient (Wildman–Crippen LogP) is 5.22. The lowest BCUT2D eigenvalue weighted by atomic mass is 9.93. The summed E-state index contributed by atoms with van der Waals surface area (Å²) in [6, 6.07) is 11.5. The number of halogens is 1. The molecule has 0 saturated carbocycles. The van der Waals surface area contributed by atoms with Gasteiger partial charge in [0.15, 0.2) is 0 Å². The summed E-state index contributed by atoms with van der Waals surface area (Å²) in [5.41, 5.74) is 8.79. The van der Waals surface area contributed by atoms with Gasteiger partial charge in [0, 0.05) is 22.4 Å². The largest absolute Gasteiger partial charge is 0.507 e. The summed E-state index contributed by atoms with van der Waals surface area (Å²) in [4.78, 5) is 15.2. The van der Waals surface area contributed by atoms with Crippen molar-refractivity contribution in [2.45, 2.75) is 19.3 Å². The molecule has 4 N–H and O–H groups in total. The van der Waals surface area contributed by atoms with Crippen molar-refractivity contribution in [1.29, 1.82) is 0 Å². The first-order valence-electron chi connectivity index (χ1n) is 8.76. The second-order valence-electron chi connectivity index (χ2n) is 6.72. The van der Waals surface area contributed by atoms with Gasteiger partial charge in [-0.2, -0.15) is 0 Å². The molecule has 0 spiro atoms. The molecule has 2 aromatic heterocycles. The van der Waals surface area contributed by atoms with Crippen LogP contribution >= 0.6 is 22.9 Å². The minimum atomic E-state index is -0.169. The number of hydrogen-bond acceptors (Lipinski definition) is 4. The quantitative estimate of drug-likeness (QED) is 0.441. The van der Waals surface area contributed by atoms with Crippen molar-refractivity contribution in [3.63, 3.8) is 0 Å². The Morgan fingerprint density at radius 1 is 1.26 bits per heavy atom. The van der Waals surface area contributed by atoms with Gasteiger partial charge in [-0.15, -0.1) is 11.3 Å². The molecule has 0 fully saturated rings. The first kappa shape index (κ1) is 18.0. The topological polar surface area (TPSA) is 79.1 Å². The third-order valence-corrected chi connectivity index (χ3v) is 6.22. The summed E-state index contributed by atoms with van der Waals surface area (Å²) >= 11 is 7.70. The van der Waals surface area contributed by atoms with Crippen molar-refractivity contribution in [1.82, 2.24) is 4.98 Å². The molecule has 1 unspecified atom stereocenters. The second-order valence-corrected chi connectivity index (χ2v) is 8.04. The minimum absolute atomic E-state index is 0.0924. The third kappa shape index (κ3) is 3.02. The van der Waals surface area contributed by atoms with Crippen LogP contribution in [0.1, 0.15) is 24.8 Å². The smallest absolute Gasteiger partial charge is 0.266 e. The Morgan fingerprint density at radius 2 is 2.00 bits per heavy atom. The summed E-state index contributed by atoms with van der Waals surface area (Å²) in [5, 5.41) is 14.4. The highest BCUT2D eigenvalue weighted by atomic mass is 35.5. The van der Waals surface area contributed by atoms with E-state index in [0.717, 1.165) is 22.8 Å². The standard InChI is InChI=1S/C21H19ClN2O2S/c1-11(6-8-23)12-2-4-13(5-3-12)17-16(25)10-15(22)19-18(17)14-7-9-27-20(14)21(26)24-19/h2-5,7,9-11,25H,6,8,23H2,1H3,(H,24,26). The number of aromatic amines is 1. The number of phenolic OH excluding ortho intramolecular Hbond substituents is 1. The summed E-state index contributed by atoms with van der Waals surface area (Å²) in [7, 11) is 0. The van der Waals surface area contributed by atoms with Gasteiger partial charge in [0.2, 0.25) is 0 Å². The number of aromatic nitrogens is 1. The molecule has 4 aromatic rings. The van der Waals surface area contributed by atoms with Crippen molar-refractivity contribution < 1.29 is 5.11 Å². The lowest BCUT2D eigenvalue weighted by molar-refractivity contribution is 0.478. The maximum Gasteiger partial charge on any atom is 0.266 e. The zero-order chi connectivity index (χ0) is 19.1. The van der Waals surface area contributed by atoms with E-state index in [1.807, 2.05) is 23.6 Å². The first-order valence-corrected chi connectivity index (χ1v) is 10.0. The molecule has 0 amide bonds. The van der Waals surface area contributed by atoms with Crippen LogP contribution in [0.25, 0.3) is 32.1 Å². The molecule has 0 radical (unpaired) electrons. The number of aromatic hydroxyl groups is 1. The molecule has 0 aliphatic rings. The van der Waals surface area contributed by atoms with Gasteiger partial charge in [0.05, 0.1) is 10.5 Å². The average molecular weight is 399 g/mol. The van der Waals surface area contributed by atoms with Crippen molar-refractivity contribution in [3.8, 4) is 16.9 Å². The summed E-state index contributed by atoms with van der Waals surface area (Å²) in [5.74, 6) is 0.467. The molecule has 0 aliphatic heterocycles. The van der Waals surface area contributed by atoms with E-state index in [4.69, 9.17) is 17.3 Å². The Hall–Kier alpha value is -2.34. The van der Waals surface area contributed by atoms with Crippen LogP contribution in [0.4, 0.5) is 0 Å². The van der Waals surface area contributed by atoms with Crippen LogP contribution < -0.4 is 11.3 Å². The number of fused-ring (bicyclic) bond motifs is 3. The van der Waals surface area contributed by atoms with E-state index in [-0.39, 0.29) is 11.3 Å². The van der Waals surface area contributed by atoms with Crippen LogP contribution in [0.15, 0.2) is 46.6 Å².